The van der Waals surface area contributed by atoms with E-state index in [1.54, 1.807) is 10.7 Å². The third kappa shape index (κ3) is 3.76. The van der Waals surface area contributed by atoms with Crippen molar-refractivity contribution in [2.45, 2.75) is 43.7 Å². The van der Waals surface area contributed by atoms with Crippen molar-refractivity contribution in [3.63, 3.8) is 0 Å². The molecule has 2 aromatic heterocycles. The Balaban J connectivity index is 1.43. The van der Waals surface area contributed by atoms with Crippen LogP contribution in [0, 0.1) is 0 Å². The Bertz CT molecular complexity index is 1230. The number of hydrogen-bond acceptors (Lipinski definition) is 7. The molecule has 3 aromatic rings. The molecule has 1 aliphatic carbocycles. The molecule has 1 fully saturated rings. The van der Waals surface area contributed by atoms with Crippen molar-refractivity contribution < 1.29 is 14.6 Å². The molecule has 1 aliphatic heterocycles. The fourth-order valence-corrected chi connectivity index (χ4v) is 4.80. The van der Waals surface area contributed by atoms with E-state index in [-0.39, 0.29) is 30.3 Å². The molecule has 10 nitrogen and oxygen atoms in total. The fraction of sp³-hybridized carbons (Fsp3) is 0.455. The molecule has 1 aromatic carbocycles. The van der Waals surface area contributed by atoms with Crippen LogP contribution in [0.15, 0.2) is 35.5 Å². The fourth-order valence-electron chi connectivity index (χ4n) is 4.80. The number of nitrogens with one attached hydrogen (secondary N) is 1. The zero-order valence-electron chi connectivity index (χ0n) is 17.7. The number of amides is 1. The van der Waals surface area contributed by atoms with Crippen molar-refractivity contribution >= 4 is 11.7 Å². The number of carbonyl (C=O) groups is 1. The lowest BCUT2D eigenvalue weighted by Crippen LogP contribution is -2.46. The standard InChI is InChI=1S/C22H26N6O4/c23-21(30)32-11-16-2-1-14-9-15(3-4-17(14)16)18-10-25-19-20(29)27(13-26-28(18)19)12-22(31)5-7-24-8-6-22/h3-4,9-10,13,16,24,31H,1-2,5-8,11-12H2,(H2,23,30). The number of ether oxygens (including phenoxy) is 1. The maximum atomic E-state index is 13.0. The highest BCUT2D eigenvalue weighted by Crippen LogP contribution is 2.36. The number of aromatic nitrogens is 4. The Kier molecular flexibility index (Phi) is 5.18. The third-order valence-corrected chi connectivity index (χ3v) is 6.56. The van der Waals surface area contributed by atoms with Gasteiger partial charge in [0.1, 0.15) is 12.9 Å². The number of rotatable bonds is 5. The number of benzene rings is 1. The second-order valence-electron chi connectivity index (χ2n) is 8.70. The third-order valence-electron chi connectivity index (χ3n) is 6.56. The minimum atomic E-state index is -0.917. The lowest BCUT2D eigenvalue weighted by atomic mass is 9.92. The summed E-state index contributed by atoms with van der Waals surface area (Å²) in [5.74, 6) is 0.139. The predicted octanol–water partition coefficient (Wildman–Crippen LogP) is 0.798. The maximum absolute atomic E-state index is 13.0. The number of carbonyl (C=O) groups excluding carboxylic acids is 1. The number of hydrogen-bond donors (Lipinski definition) is 3. The zero-order valence-corrected chi connectivity index (χ0v) is 17.7. The minimum absolute atomic E-state index is 0.139. The number of aliphatic hydroxyl groups is 1. The Hall–Kier alpha value is -3.24. The Morgan fingerprint density at radius 3 is 2.94 bits per heavy atom. The van der Waals surface area contributed by atoms with Crippen LogP contribution < -0.4 is 16.6 Å². The average Bonchev–Trinajstić information content (AvgIpc) is 3.38. The predicted molar refractivity (Wildman–Crippen MR) is 116 cm³/mol. The first-order valence-corrected chi connectivity index (χ1v) is 10.9. The summed E-state index contributed by atoms with van der Waals surface area (Å²) >= 11 is 0. The first kappa shape index (κ1) is 20.7. The van der Waals surface area contributed by atoms with Crippen molar-refractivity contribution in [1.82, 2.24) is 24.5 Å². The van der Waals surface area contributed by atoms with Crippen LogP contribution >= 0.6 is 0 Å². The minimum Gasteiger partial charge on any atom is -0.449 e. The van der Waals surface area contributed by atoms with Crippen molar-refractivity contribution in [2.24, 2.45) is 5.73 Å². The second-order valence-corrected chi connectivity index (χ2v) is 8.70. The normalized spacial score (nSPS) is 19.7. The first-order valence-electron chi connectivity index (χ1n) is 10.9. The van der Waals surface area contributed by atoms with E-state index in [9.17, 15) is 14.7 Å². The number of primary amides is 1. The van der Waals surface area contributed by atoms with E-state index in [0.29, 0.717) is 12.8 Å². The van der Waals surface area contributed by atoms with E-state index in [4.69, 9.17) is 10.5 Å². The topological polar surface area (TPSA) is 137 Å². The number of fused-ring (bicyclic) bond motifs is 2. The van der Waals surface area contributed by atoms with Crippen LogP contribution in [0.25, 0.3) is 16.9 Å². The van der Waals surface area contributed by atoms with Gasteiger partial charge in [0.05, 0.1) is 24.0 Å². The highest BCUT2D eigenvalue weighted by molar-refractivity contribution is 5.66. The number of aryl methyl sites for hydroxylation is 1. The number of nitrogens with zero attached hydrogens (tertiary/aromatic N) is 4. The highest BCUT2D eigenvalue weighted by atomic mass is 16.5. The van der Waals surface area contributed by atoms with Gasteiger partial charge in [0.25, 0.3) is 5.56 Å². The van der Waals surface area contributed by atoms with E-state index in [0.717, 1.165) is 42.8 Å². The van der Waals surface area contributed by atoms with Gasteiger partial charge in [0.15, 0.2) is 0 Å². The molecule has 2 aliphatic rings. The van der Waals surface area contributed by atoms with Gasteiger partial charge in [-0.2, -0.15) is 5.10 Å². The molecule has 32 heavy (non-hydrogen) atoms. The van der Waals surface area contributed by atoms with Crippen LogP contribution in [0.1, 0.15) is 36.3 Å². The first-order chi connectivity index (χ1) is 15.4. The molecule has 1 atom stereocenters. The van der Waals surface area contributed by atoms with Gasteiger partial charge in [-0.15, -0.1) is 0 Å². The van der Waals surface area contributed by atoms with Crippen molar-refractivity contribution in [3.8, 4) is 11.3 Å². The van der Waals surface area contributed by atoms with Gasteiger partial charge in [-0.05, 0) is 56.0 Å². The number of nitrogens with two attached hydrogens (primary N) is 1. The summed E-state index contributed by atoms with van der Waals surface area (Å²) in [4.78, 5) is 28.3. The Morgan fingerprint density at radius 2 is 2.16 bits per heavy atom. The molecule has 1 amide bonds. The van der Waals surface area contributed by atoms with Crippen LogP contribution in [0.3, 0.4) is 0 Å². The molecule has 0 saturated carbocycles. The number of imidazole rings is 1. The molecule has 4 N–H and O–H groups in total. The molecular formula is C22H26N6O4. The second kappa shape index (κ2) is 8.03. The van der Waals surface area contributed by atoms with Crippen molar-refractivity contribution in [3.05, 3.63) is 52.2 Å². The summed E-state index contributed by atoms with van der Waals surface area (Å²) in [6.07, 6.45) is 5.31. The summed E-state index contributed by atoms with van der Waals surface area (Å²) in [6.45, 7) is 1.93. The quantitative estimate of drug-likeness (QED) is 0.536. The molecular weight excluding hydrogens is 412 g/mol. The summed E-state index contributed by atoms with van der Waals surface area (Å²) in [7, 11) is 0. The molecule has 168 valence electrons. The van der Waals surface area contributed by atoms with E-state index in [1.807, 2.05) is 12.1 Å². The van der Waals surface area contributed by atoms with Gasteiger partial charge < -0.3 is 20.9 Å². The zero-order chi connectivity index (χ0) is 22.3. The van der Waals surface area contributed by atoms with E-state index >= 15 is 0 Å². The van der Waals surface area contributed by atoms with Crippen molar-refractivity contribution in [1.29, 1.82) is 0 Å². The molecule has 0 bridgehead atoms. The summed E-state index contributed by atoms with van der Waals surface area (Å²) in [6, 6.07) is 6.07. The molecule has 0 spiro atoms. The highest BCUT2D eigenvalue weighted by Gasteiger charge is 2.30. The average molecular weight is 438 g/mol. The van der Waals surface area contributed by atoms with E-state index in [2.05, 4.69) is 21.5 Å². The van der Waals surface area contributed by atoms with Crippen LogP contribution in [-0.2, 0) is 17.7 Å². The largest absolute Gasteiger partial charge is 0.449 e. The van der Waals surface area contributed by atoms with Gasteiger partial charge in [-0.25, -0.2) is 14.3 Å². The smallest absolute Gasteiger partial charge is 0.404 e. The maximum Gasteiger partial charge on any atom is 0.404 e. The molecule has 0 radical (unpaired) electrons. The van der Waals surface area contributed by atoms with Crippen LogP contribution in [0.4, 0.5) is 4.79 Å². The van der Waals surface area contributed by atoms with Crippen LogP contribution in [0.5, 0.6) is 0 Å². The SMILES string of the molecule is NC(=O)OCC1CCc2cc(-c3cnc4c(=O)n(CC5(O)CCNCC5)cnn34)ccc21. The summed E-state index contributed by atoms with van der Waals surface area (Å²) in [5, 5.41) is 18.5. The molecule has 1 unspecified atom stereocenters. The monoisotopic (exact) mass is 438 g/mol. The summed E-state index contributed by atoms with van der Waals surface area (Å²) < 4.78 is 7.98. The van der Waals surface area contributed by atoms with Gasteiger partial charge >= 0.3 is 6.09 Å². The summed E-state index contributed by atoms with van der Waals surface area (Å²) in [5.41, 5.74) is 8.09. The molecule has 3 heterocycles. The van der Waals surface area contributed by atoms with E-state index < -0.39 is 11.7 Å². The molecule has 5 rings (SSSR count). The molecule has 1 saturated heterocycles. The van der Waals surface area contributed by atoms with Gasteiger partial charge in [0.2, 0.25) is 5.65 Å². The van der Waals surface area contributed by atoms with Gasteiger partial charge in [0, 0.05) is 11.5 Å². The Morgan fingerprint density at radius 1 is 1.34 bits per heavy atom. The lowest BCUT2D eigenvalue weighted by Gasteiger charge is -2.32. The van der Waals surface area contributed by atoms with Crippen molar-refractivity contribution in [2.75, 3.05) is 19.7 Å². The van der Waals surface area contributed by atoms with E-state index in [1.165, 1.54) is 16.5 Å². The lowest BCUT2D eigenvalue weighted by molar-refractivity contribution is -0.00643. The van der Waals surface area contributed by atoms with Gasteiger partial charge in [-0.3, -0.25) is 9.36 Å². The molecule has 10 heteroatoms. The van der Waals surface area contributed by atoms with Crippen LogP contribution in [-0.4, -0.2) is 55.7 Å². The van der Waals surface area contributed by atoms with Gasteiger partial charge in [-0.1, -0.05) is 12.1 Å². The number of piperidine rings is 1. The van der Waals surface area contributed by atoms with Crippen LogP contribution in [0.2, 0.25) is 0 Å². The Labute approximate surface area is 184 Å².